The van der Waals surface area contributed by atoms with E-state index < -0.39 is 12.1 Å². The van der Waals surface area contributed by atoms with Gasteiger partial charge in [0.1, 0.15) is 16.4 Å². The SMILES string of the molecule is Cn1cc(NC(=O)c2csc(/C=C/c3ccc4ccccc4n3)n2)cc1/C=C/c1cc(C(=O)NCCN2CCOCC2)n(C)c1.O=C(O)C(F)(F)F. The molecule has 16 heteroatoms. The minimum Gasteiger partial charge on any atom is -0.475 e. The number of amides is 2. The molecule has 0 aliphatic carbocycles. The molecule has 5 heterocycles. The van der Waals surface area contributed by atoms with Crippen molar-refractivity contribution < 1.29 is 37.4 Å². The zero-order chi connectivity index (χ0) is 37.3. The summed E-state index contributed by atoms with van der Waals surface area (Å²) in [6.45, 7) is 4.68. The first-order chi connectivity index (χ1) is 24.9. The molecule has 1 aliphatic heterocycles. The molecule has 12 nitrogen and oxygen atoms in total. The Morgan fingerprint density at radius 2 is 1.69 bits per heavy atom. The third kappa shape index (κ3) is 10.5. The number of halogens is 3. The summed E-state index contributed by atoms with van der Waals surface area (Å²) in [5.74, 6) is -3.13. The van der Waals surface area contributed by atoms with Crippen LogP contribution in [0.2, 0.25) is 0 Å². The number of carboxylic acid groups (broad SMARTS) is 1. The van der Waals surface area contributed by atoms with E-state index in [1.807, 2.05) is 108 Å². The second-order valence-electron chi connectivity index (χ2n) is 11.7. The number of carbonyl (C=O) groups excluding carboxylic acids is 2. The van der Waals surface area contributed by atoms with E-state index in [1.54, 1.807) is 5.38 Å². The Hall–Kier alpha value is -5.58. The van der Waals surface area contributed by atoms with Gasteiger partial charge in [0.2, 0.25) is 0 Å². The Balaban J connectivity index is 0.000000679. The number of pyridine rings is 1. The number of aromatic nitrogens is 4. The van der Waals surface area contributed by atoms with Crippen molar-refractivity contribution >= 4 is 70.0 Å². The minimum absolute atomic E-state index is 0.0969. The Labute approximate surface area is 300 Å². The molecule has 1 saturated heterocycles. The Morgan fingerprint density at radius 1 is 0.942 bits per heavy atom. The number of carbonyl (C=O) groups is 3. The molecule has 0 saturated carbocycles. The first kappa shape index (κ1) is 37.7. The van der Waals surface area contributed by atoms with E-state index in [9.17, 15) is 22.8 Å². The summed E-state index contributed by atoms with van der Waals surface area (Å²) < 4.78 is 40.9. The second-order valence-corrected chi connectivity index (χ2v) is 12.6. The number of alkyl halides is 3. The summed E-state index contributed by atoms with van der Waals surface area (Å²) in [4.78, 5) is 46.0. The predicted octanol–water partition coefficient (Wildman–Crippen LogP) is 5.66. The number of nitrogens with one attached hydrogen (secondary N) is 2. The normalized spacial score (nSPS) is 13.7. The molecule has 3 N–H and O–H groups in total. The fourth-order valence-electron chi connectivity index (χ4n) is 5.14. The molecule has 1 aliphatic rings. The number of aryl methyl sites for hydroxylation is 2. The first-order valence-corrected chi connectivity index (χ1v) is 16.9. The van der Waals surface area contributed by atoms with Gasteiger partial charge in [0, 0.05) is 69.1 Å². The lowest BCUT2D eigenvalue weighted by Gasteiger charge is -2.26. The van der Waals surface area contributed by atoms with E-state index in [1.165, 1.54) is 11.3 Å². The molecule has 6 rings (SSSR count). The van der Waals surface area contributed by atoms with Crippen LogP contribution in [0.3, 0.4) is 0 Å². The van der Waals surface area contributed by atoms with Gasteiger partial charge in [-0.1, -0.05) is 30.3 Å². The van der Waals surface area contributed by atoms with Crippen LogP contribution >= 0.6 is 11.3 Å². The monoisotopic (exact) mass is 735 g/mol. The average Bonchev–Trinajstić information content (AvgIpc) is 3.84. The van der Waals surface area contributed by atoms with Crippen LogP contribution < -0.4 is 10.6 Å². The van der Waals surface area contributed by atoms with Crippen LogP contribution in [0.1, 0.15) is 42.9 Å². The smallest absolute Gasteiger partial charge is 0.475 e. The molecular formula is C36H36F3N7O5S. The lowest BCUT2D eigenvalue weighted by Crippen LogP contribution is -2.41. The van der Waals surface area contributed by atoms with Crippen LogP contribution in [0, 0.1) is 0 Å². The van der Waals surface area contributed by atoms with Crippen LogP contribution in [0.4, 0.5) is 18.9 Å². The molecule has 1 aromatic carbocycles. The number of hydrogen-bond acceptors (Lipinski definition) is 8. The number of benzene rings is 1. The maximum absolute atomic E-state index is 12.9. The lowest BCUT2D eigenvalue weighted by molar-refractivity contribution is -0.192. The highest BCUT2D eigenvalue weighted by Gasteiger charge is 2.38. The molecule has 2 amide bonds. The number of aliphatic carboxylic acids is 1. The summed E-state index contributed by atoms with van der Waals surface area (Å²) in [6, 6.07) is 15.7. The van der Waals surface area contributed by atoms with Crippen molar-refractivity contribution in [3.63, 3.8) is 0 Å². The molecule has 0 spiro atoms. The molecule has 52 heavy (non-hydrogen) atoms. The van der Waals surface area contributed by atoms with Gasteiger partial charge < -0.3 is 29.6 Å². The van der Waals surface area contributed by atoms with Crippen LogP contribution in [-0.2, 0) is 23.6 Å². The van der Waals surface area contributed by atoms with E-state index in [2.05, 4.69) is 25.5 Å². The Kier molecular flexibility index (Phi) is 12.4. The number of morpholine rings is 1. The molecule has 1 fully saturated rings. The average molecular weight is 736 g/mol. The molecule has 0 radical (unpaired) electrons. The minimum atomic E-state index is -5.08. The second kappa shape index (κ2) is 17.1. The van der Waals surface area contributed by atoms with Crippen LogP contribution in [0.5, 0.6) is 0 Å². The highest BCUT2D eigenvalue weighted by atomic mass is 32.1. The molecule has 272 valence electrons. The number of carboxylic acids is 1. The maximum atomic E-state index is 12.9. The first-order valence-electron chi connectivity index (χ1n) is 16.1. The van der Waals surface area contributed by atoms with E-state index >= 15 is 0 Å². The quantitative estimate of drug-likeness (QED) is 0.167. The molecule has 0 bridgehead atoms. The van der Waals surface area contributed by atoms with Crippen LogP contribution in [0.15, 0.2) is 66.3 Å². The number of thiazole rings is 1. The summed E-state index contributed by atoms with van der Waals surface area (Å²) in [6.07, 6.45) is 6.37. The molecule has 0 atom stereocenters. The van der Waals surface area contributed by atoms with Gasteiger partial charge >= 0.3 is 12.1 Å². The molecular weight excluding hydrogens is 700 g/mol. The third-order valence-electron chi connectivity index (χ3n) is 7.84. The van der Waals surface area contributed by atoms with Crippen molar-refractivity contribution in [1.29, 1.82) is 0 Å². The zero-order valence-corrected chi connectivity index (χ0v) is 29.1. The predicted molar refractivity (Wildman–Crippen MR) is 194 cm³/mol. The topological polar surface area (TPSA) is 144 Å². The number of hydrogen-bond donors (Lipinski definition) is 3. The van der Waals surface area contributed by atoms with Gasteiger partial charge in [-0.3, -0.25) is 14.5 Å². The summed E-state index contributed by atoms with van der Waals surface area (Å²) in [5, 5.41) is 16.6. The highest BCUT2D eigenvalue weighted by molar-refractivity contribution is 7.10. The number of para-hydroxylation sites is 1. The van der Waals surface area contributed by atoms with Crippen molar-refractivity contribution in [2.45, 2.75) is 6.18 Å². The van der Waals surface area contributed by atoms with Crippen molar-refractivity contribution in [1.82, 2.24) is 29.3 Å². The summed E-state index contributed by atoms with van der Waals surface area (Å²) in [7, 11) is 3.78. The van der Waals surface area contributed by atoms with Crippen LogP contribution in [-0.4, -0.2) is 92.5 Å². The highest BCUT2D eigenvalue weighted by Crippen LogP contribution is 2.20. The van der Waals surface area contributed by atoms with E-state index in [0.717, 1.165) is 65.7 Å². The lowest BCUT2D eigenvalue weighted by atomic mass is 10.2. The van der Waals surface area contributed by atoms with Gasteiger partial charge in [0.05, 0.1) is 30.1 Å². The van der Waals surface area contributed by atoms with Gasteiger partial charge in [0.15, 0.2) is 0 Å². The standard InChI is InChI=1S/C34H35N7O3S.C2HF3O2/c1-39-22-27(37-33(42)30-23-45-32(38-30)12-10-26-9-8-25-5-3-4-6-29(25)36-26)20-28(39)11-7-24-19-31(40(2)21-24)34(43)35-13-14-41-15-17-44-18-16-41;3-2(4,5)1(6)7/h3-12,19-23H,13-18H2,1-2H3,(H,35,43)(H,37,42);(H,6,7)/b11-7+,12-10+;. The number of nitrogens with zero attached hydrogens (tertiary/aromatic N) is 5. The molecule has 0 unspecified atom stereocenters. The Morgan fingerprint density at radius 3 is 2.44 bits per heavy atom. The third-order valence-corrected chi connectivity index (χ3v) is 8.65. The summed E-state index contributed by atoms with van der Waals surface area (Å²) in [5.41, 5.74) is 5.19. The Bertz CT molecular complexity index is 2090. The molecule has 4 aromatic heterocycles. The van der Waals surface area contributed by atoms with E-state index in [-0.39, 0.29) is 11.8 Å². The zero-order valence-electron chi connectivity index (χ0n) is 28.3. The van der Waals surface area contributed by atoms with Gasteiger partial charge in [-0.15, -0.1) is 11.3 Å². The van der Waals surface area contributed by atoms with Gasteiger partial charge in [0.25, 0.3) is 11.8 Å². The van der Waals surface area contributed by atoms with Crippen molar-refractivity contribution in [3.05, 3.63) is 99.7 Å². The number of ether oxygens (including phenoxy) is 1. The van der Waals surface area contributed by atoms with Gasteiger partial charge in [-0.05, 0) is 48.1 Å². The molecule has 5 aromatic rings. The van der Waals surface area contributed by atoms with E-state index in [4.69, 9.17) is 14.6 Å². The van der Waals surface area contributed by atoms with Gasteiger partial charge in [-0.25, -0.2) is 14.8 Å². The number of fused-ring (bicyclic) bond motifs is 1. The number of rotatable bonds is 10. The largest absolute Gasteiger partial charge is 0.490 e. The van der Waals surface area contributed by atoms with Crippen molar-refractivity contribution in [2.75, 3.05) is 44.7 Å². The van der Waals surface area contributed by atoms with Crippen molar-refractivity contribution in [2.24, 2.45) is 14.1 Å². The van der Waals surface area contributed by atoms with Gasteiger partial charge in [-0.2, -0.15) is 13.2 Å². The fourth-order valence-corrected chi connectivity index (χ4v) is 5.83. The van der Waals surface area contributed by atoms with E-state index in [0.29, 0.717) is 23.6 Å². The summed E-state index contributed by atoms with van der Waals surface area (Å²) >= 11 is 1.40. The van der Waals surface area contributed by atoms with Crippen LogP contribution in [0.25, 0.3) is 35.2 Å². The number of anilines is 1. The fraction of sp³-hybridized carbons (Fsp3) is 0.250. The van der Waals surface area contributed by atoms with Crippen molar-refractivity contribution in [3.8, 4) is 0 Å². The maximum Gasteiger partial charge on any atom is 0.490 e.